The lowest BCUT2D eigenvalue weighted by molar-refractivity contribution is -0.150. The molecule has 0 aliphatic carbocycles. The van der Waals surface area contributed by atoms with E-state index in [1.807, 2.05) is 6.92 Å². The third kappa shape index (κ3) is 2.24. The minimum atomic E-state index is -0.505. The van der Waals surface area contributed by atoms with Crippen LogP contribution in [0, 0.1) is 5.92 Å². The number of ether oxygens (including phenoxy) is 1. The molecule has 0 saturated carbocycles. The van der Waals surface area contributed by atoms with Gasteiger partial charge in [-0.05, 0) is 13.3 Å². The summed E-state index contributed by atoms with van der Waals surface area (Å²) in [6.07, 6.45) is 0.847. The van der Waals surface area contributed by atoms with Crippen LogP contribution in [0.1, 0.15) is 20.3 Å². The Balaban J connectivity index is 2.63. The van der Waals surface area contributed by atoms with E-state index < -0.39 is 5.92 Å². The first-order valence-electron chi connectivity index (χ1n) is 4.51. The first-order chi connectivity index (χ1) is 6.20. The van der Waals surface area contributed by atoms with Crippen LogP contribution in [-0.2, 0) is 14.3 Å². The van der Waals surface area contributed by atoms with Gasteiger partial charge in [0, 0.05) is 5.25 Å². The quantitative estimate of drug-likeness (QED) is 0.510. The van der Waals surface area contributed by atoms with Crippen molar-refractivity contribution >= 4 is 23.5 Å². The van der Waals surface area contributed by atoms with Crippen molar-refractivity contribution in [2.45, 2.75) is 25.5 Å². The Morgan fingerprint density at radius 1 is 1.62 bits per heavy atom. The van der Waals surface area contributed by atoms with Crippen LogP contribution in [0.15, 0.2) is 0 Å². The van der Waals surface area contributed by atoms with Gasteiger partial charge in [-0.3, -0.25) is 9.59 Å². The van der Waals surface area contributed by atoms with Crippen molar-refractivity contribution in [3.8, 4) is 0 Å². The van der Waals surface area contributed by atoms with E-state index in [1.54, 1.807) is 18.7 Å². The number of hydrogen-bond acceptors (Lipinski definition) is 4. The predicted octanol–water partition coefficient (Wildman–Crippen LogP) is 1.26. The predicted molar refractivity (Wildman–Crippen MR) is 51.7 cm³/mol. The van der Waals surface area contributed by atoms with Crippen molar-refractivity contribution in [1.82, 2.24) is 0 Å². The second kappa shape index (κ2) is 4.65. The zero-order chi connectivity index (χ0) is 9.84. The average molecular weight is 202 g/mol. The van der Waals surface area contributed by atoms with Gasteiger partial charge in [0.25, 0.3) is 0 Å². The standard InChI is InChI=1S/C9H14O3S/c1-3-7-8(6(10)5-13-7)9(11)12-4-2/h7-8H,3-5H2,1-2H3. The lowest BCUT2D eigenvalue weighted by atomic mass is 10.00. The Labute approximate surface area is 82.2 Å². The lowest BCUT2D eigenvalue weighted by Crippen LogP contribution is -2.29. The second-order valence-corrected chi connectivity index (χ2v) is 4.18. The summed E-state index contributed by atoms with van der Waals surface area (Å²) in [6.45, 7) is 4.09. The molecule has 0 aromatic heterocycles. The van der Waals surface area contributed by atoms with Crippen LogP contribution in [-0.4, -0.2) is 29.4 Å². The Morgan fingerprint density at radius 3 is 2.85 bits per heavy atom. The number of carbonyl (C=O) groups excluding carboxylic acids is 2. The minimum Gasteiger partial charge on any atom is -0.465 e. The molecule has 2 unspecified atom stereocenters. The van der Waals surface area contributed by atoms with Gasteiger partial charge in [0.1, 0.15) is 5.92 Å². The lowest BCUT2D eigenvalue weighted by Gasteiger charge is -2.13. The van der Waals surface area contributed by atoms with E-state index in [1.165, 1.54) is 0 Å². The summed E-state index contributed by atoms with van der Waals surface area (Å²) in [7, 11) is 0. The maximum absolute atomic E-state index is 11.4. The fourth-order valence-electron chi connectivity index (χ4n) is 1.45. The fourth-order valence-corrected chi connectivity index (χ4v) is 2.70. The van der Waals surface area contributed by atoms with E-state index in [2.05, 4.69) is 0 Å². The molecular weight excluding hydrogens is 188 g/mol. The van der Waals surface area contributed by atoms with Crippen molar-refractivity contribution in [3.05, 3.63) is 0 Å². The molecule has 4 heteroatoms. The summed E-state index contributed by atoms with van der Waals surface area (Å²) in [5.74, 6) is -0.364. The highest BCUT2D eigenvalue weighted by molar-refractivity contribution is 8.01. The summed E-state index contributed by atoms with van der Waals surface area (Å²) in [4.78, 5) is 22.7. The van der Waals surface area contributed by atoms with Gasteiger partial charge in [-0.2, -0.15) is 0 Å². The van der Waals surface area contributed by atoms with E-state index in [-0.39, 0.29) is 17.0 Å². The van der Waals surface area contributed by atoms with Crippen LogP contribution in [0.25, 0.3) is 0 Å². The van der Waals surface area contributed by atoms with Crippen molar-refractivity contribution in [2.24, 2.45) is 5.92 Å². The van der Waals surface area contributed by atoms with Crippen LogP contribution in [0.2, 0.25) is 0 Å². The molecule has 1 saturated heterocycles. The molecule has 0 bridgehead atoms. The molecule has 2 atom stereocenters. The van der Waals surface area contributed by atoms with E-state index in [9.17, 15) is 9.59 Å². The number of esters is 1. The fraction of sp³-hybridized carbons (Fsp3) is 0.778. The molecule has 0 N–H and O–H groups in total. The van der Waals surface area contributed by atoms with Gasteiger partial charge in [-0.25, -0.2) is 0 Å². The largest absolute Gasteiger partial charge is 0.465 e. The second-order valence-electron chi connectivity index (χ2n) is 2.95. The molecule has 0 radical (unpaired) electrons. The van der Waals surface area contributed by atoms with Crippen LogP contribution >= 0.6 is 11.8 Å². The Bertz CT molecular complexity index is 215. The van der Waals surface area contributed by atoms with Crippen LogP contribution in [0.3, 0.4) is 0 Å². The zero-order valence-corrected chi connectivity index (χ0v) is 8.73. The topological polar surface area (TPSA) is 43.4 Å². The van der Waals surface area contributed by atoms with E-state index in [4.69, 9.17) is 4.74 Å². The molecule has 3 nitrogen and oxygen atoms in total. The SMILES string of the molecule is CCOC(=O)C1C(=O)CSC1CC. The van der Waals surface area contributed by atoms with Crippen molar-refractivity contribution in [3.63, 3.8) is 0 Å². The van der Waals surface area contributed by atoms with Gasteiger partial charge in [0.2, 0.25) is 0 Å². The van der Waals surface area contributed by atoms with Crippen LogP contribution in [0.5, 0.6) is 0 Å². The van der Waals surface area contributed by atoms with Gasteiger partial charge in [-0.15, -0.1) is 11.8 Å². The molecular formula is C9H14O3S. The summed E-state index contributed by atoms with van der Waals surface area (Å²) in [6, 6.07) is 0. The average Bonchev–Trinajstić information content (AvgIpc) is 2.47. The molecule has 74 valence electrons. The van der Waals surface area contributed by atoms with Gasteiger partial charge >= 0.3 is 5.97 Å². The molecule has 1 heterocycles. The first kappa shape index (κ1) is 10.6. The number of carbonyl (C=O) groups is 2. The zero-order valence-electron chi connectivity index (χ0n) is 7.91. The summed E-state index contributed by atoms with van der Waals surface area (Å²) in [5.41, 5.74) is 0. The van der Waals surface area contributed by atoms with Gasteiger partial charge < -0.3 is 4.74 Å². The van der Waals surface area contributed by atoms with Crippen LogP contribution < -0.4 is 0 Å². The Hall–Kier alpha value is -0.510. The van der Waals surface area contributed by atoms with Crippen LogP contribution in [0.4, 0.5) is 0 Å². The monoisotopic (exact) mass is 202 g/mol. The molecule has 13 heavy (non-hydrogen) atoms. The van der Waals surface area contributed by atoms with Gasteiger partial charge in [0.15, 0.2) is 5.78 Å². The highest BCUT2D eigenvalue weighted by atomic mass is 32.2. The van der Waals surface area contributed by atoms with E-state index in [0.29, 0.717) is 12.4 Å². The van der Waals surface area contributed by atoms with E-state index >= 15 is 0 Å². The first-order valence-corrected chi connectivity index (χ1v) is 5.56. The molecule has 1 rings (SSSR count). The third-order valence-electron chi connectivity index (χ3n) is 2.10. The Kier molecular flexibility index (Phi) is 3.78. The molecule has 0 spiro atoms. The highest BCUT2D eigenvalue weighted by Gasteiger charge is 2.40. The van der Waals surface area contributed by atoms with Gasteiger partial charge in [0.05, 0.1) is 12.4 Å². The smallest absolute Gasteiger partial charge is 0.317 e. The van der Waals surface area contributed by atoms with Crippen molar-refractivity contribution in [2.75, 3.05) is 12.4 Å². The highest BCUT2D eigenvalue weighted by Crippen LogP contribution is 2.32. The van der Waals surface area contributed by atoms with Gasteiger partial charge in [-0.1, -0.05) is 6.92 Å². The normalized spacial score (nSPS) is 27.7. The molecule has 1 aliphatic rings. The number of Topliss-reactive ketones (excluding diaryl/α,β-unsaturated/α-hetero) is 1. The number of rotatable bonds is 3. The number of ketones is 1. The molecule has 1 fully saturated rings. The summed E-state index contributed by atoms with van der Waals surface area (Å²) < 4.78 is 4.86. The maximum atomic E-state index is 11.4. The molecule has 0 aromatic carbocycles. The molecule has 0 amide bonds. The summed E-state index contributed by atoms with van der Waals surface area (Å²) >= 11 is 1.56. The van der Waals surface area contributed by atoms with Crippen molar-refractivity contribution < 1.29 is 14.3 Å². The number of hydrogen-bond donors (Lipinski definition) is 0. The van der Waals surface area contributed by atoms with E-state index in [0.717, 1.165) is 6.42 Å². The maximum Gasteiger partial charge on any atom is 0.317 e. The molecule has 1 aliphatic heterocycles. The number of thioether (sulfide) groups is 1. The third-order valence-corrected chi connectivity index (χ3v) is 3.59. The minimum absolute atomic E-state index is 0.0234. The molecule has 0 aromatic rings. The Morgan fingerprint density at radius 2 is 2.31 bits per heavy atom. The van der Waals surface area contributed by atoms with Crippen molar-refractivity contribution in [1.29, 1.82) is 0 Å². The summed E-state index contributed by atoms with van der Waals surface area (Å²) in [5, 5.41) is 0.131.